The summed E-state index contributed by atoms with van der Waals surface area (Å²) in [5, 5.41) is 0. The van der Waals surface area contributed by atoms with Gasteiger partial charge in [-0.2, -0.15) is 0 Å². The molecule has 1 heterocycles. The first-order valence-corrected chi connectivity index (χ1v) is 7.60. The Hall–Kier alpha value is -2.89. The number of carbonyl (C=O) groups excluding carboxylic acids is 1. The van der Waals surface area contributed by atoms with Gasteiger partial charge in [-0.15, -0.1) is 0 Å². The van der Waals surface area contributed by atoms with Crippen LogP contribution in [0.5, 0.6) is 23.0 Å². The molecule has 0 saturated carbocycles. The van der Waals surface area contributed by atoms with Crippen LogP contribution in [0.1, 0.15) is 10.4 Å². The normalized spacial score (nSPS) is 12.4. The van der Waals surface area contributed by atoms with Crippen LogP contribution in [0.2, 0.25) is 0 Å². The van der Waals surface area contributed by atoms with Gasteiger partial charge >= 0.3 is 5.97 Å². The van der Waals surface area contributed by atoms with Crippen molar-refractivity contribution in [2.45, 2.75) is 0 Å². The molecule has 0 saturated heterocycles. The van der Waals surface area contributed by atoms with Crippen molar-refractivity contribution in [3.63, 3.8) is 0 Å². The van der Waals surface area contributed by atoms with Crippen LogP contribution in [0.3, 0.4) is 0 Å². The Bertz CT molecular complexity index is 681. The predicted molar refractivity (Wildman–Crippen MR) is 86.2 cm³/mol. The minimum atomic E-state index is -0.470. The van der Waals surface area contributed by atoms with Gasteiger partial charge < -0.3 is 23.7 Å². The van der Waals surface area contributed by atoms with Gasteiger partial charge in [0.2, 0.25) is 5.75 Å². The SMILES string of the molecule is COc1cc(C(=O)OCCOc2ccccc2)cc2c1OCCO2. The standard InChI is InChI=1S/C18H18O6/c1-20-15-11-13(12-16-17(15)23-9-8-22-16)18(19)24-10-7-21-14-5-3-2-4-6-14/h2-6,11-12H,7-10H2,1H3. The largest absolute Gasteiger partial charge is 0.493 e. The zero-order valence-corrected chi connectivity index (χ0v) is 13.3. The highest BCUT2D eigenvalue weighted by atomic mass is 16.6. The summed E-state index contributed by atoms with van der Waals surface area (Å²) in [5.74, 6) is 1.69. The maximum atomic E-state index is 12.2. The minimum Gasteiger partial charge on any atom is -0.493 e. The predicted octanol–water partition coefficient (Wildman–Crippen LogP) is 2.70. The van der Waals surface area contributed by atoms with Gasteiger partial charge in [0.15, 0.2) is 11.5 Å². The van der Waals surface area contributed by atoms with E-state index in [9.17, 15) is 4.79 Å². The summed E-state index contributed by atoms with van der Waals surface area (Å²) in [6.45, 7) is 1.30. The maximum absolute atomic E-state index is 12.2. The molecule has 0 fully saturated rings. The van der Waals surface area contributed by atoms with Crippen LogP contribution >= 0.6 is 0 Å². The van der Waals surface area contributed by atoms with Crippen LogP contribution in [0.25, 0.3) is 0 Å². The van der Waals surface area contributed by atoms with Crippen LogP contribution < -0.4 is 18.9 Å². The first-order valence-electron chi connectivity index (χ1n) is 7.60. The zero-order valence-electron chi connectivity index (χ0n) is 13.3. The number of fused-ring (bicyclic) bond motifs is 1. The van der Waals surface area contributed by atoms with Gasteiger partial charge in [0.25, 0.3) is 0 Å². The first-order chi connectivity index (χ1) is 11.8. The van der Waals surface area contributed by atoms with Crippen molar-refractivity contribution < 1.29 is 28.5 Å². The lowest BCUT2D eigenvalue weighted by atomic mass is 10.1. The number of ether oxygens (including phenoxy) is 5. The molecule has 0 atom stereocenters. The molecule has 0 unspecified atom stereocenters. The van der Waals surface area contributed by atoms with Crippen LogP contribution in [-0.2, 0) is 4.74 Å². The molecule has 126 valence electrons. The molecule has 0 amide bonds. The van der Waals surface area contributed by atoms with E-state index in [1.807, 2.05) is 30.3 Å². The van der Waals surface area contributed by atoms with Crippen LogP contribution in [0, 0.1) is 0 Å². The summed E-state index contributed by atoms with van der Waals surface area (Å²) in [5.41, 5.74) is 0.343. The Morgan fingerprint density at radius 1 is 1.08 bits per heavy atom. The number of hydrogen-bond acceptors (Lipinski definition) is 6. The minimum absolute atomic E-state index is 0.143. The van der Waals surface area contributed by atoms with E-state index >= 15 is 0 Å². The van der Waals surface area contributed by atoms with Crippen molar-refractivity contribution in [3.8, 4) is 23.0 Å². The molecule has 0 N–H and O–H groups in total. The fourth-order valence-electron chi connectivity index (χ4n) is 2.28. The van der Waals surface area contributed by atoms with Gasteiger partial charge in [0.1, 0.15) is 32.2 Å². The molecule has 1 aliphatic rings. The number of para-hydroxylation sites is 1. The van der Waals surface area contributed by atoms with Gasteiger partial charge in [-0.25, -0.2) is 4.79 Å². The van der Waals surface area contributed by atoms with Gasteiger partial charge in [-0.05, 0) is 24.3 Å². The highest BCUT2D eigenvalue weighted by molar-refractivity contribution is 5.91. The summed E-state index contributed by atoms with van der Waals surface area (Å²) in [6, 6.07) is 12.5. The summed E-state index contributed by atoms with van der Waals surface area (Å²) < 4.78 is 27.0. The molecule has 6 nitrogen and oxygen atoms in total. The second-order valence-corrected chi connectivity index (χ2v) is 5.00. The first kappa shape index (κ1) is 16.0. The fraction of sp³-hybridized carbons (Fsp3) is 0.278. The number of carbonyl (C=O) groups is 1. The van der Waals surface area contributed by atoms with E-state index in [0.29, 0.717) is 36.0 Å². The summed E-state index contributed by atoms with van der Waals surface area (Å²) in [4.78, 5) is 12.2. The second kappa shape index (κ2) is 7.59. The molecular weight excluding hydrogens is 312 g/mol. The lowest BCUT2D eigenvalue weighted by Gasteiger charge is -2.21. The zero-order chi connectivity index (χ0) is 16.8. The average molecular weight is 330 g/mol. The Balaban J connectivity index is 1.58. The molecule has 3 rings (SSSR count). The van der Waals surface area contributed by atoms with Gasteiger partial charge in [-0.3, -0.25) is 0 Å². The number of hydrogen-bond donors (Lipinski definition) is 0. The van der Waals surface area contributed by atoms with Crippen molar-refractivity contribution in [2.24, 2.45) is 0 Å². The highest BCUT2D eigenvalue weighted by Crippen LogP contribution is 2.40. The summed E-state index contributed by atoms with van der Waals surface area (Å²) in [6.07, 6.45) is 0. The summed E-state index contributed by atoms with van der Waals surface area (Å²) >= 11 is 0. The van der Waals surface area contributed by atoms with Crippen molar-refractivity contribution in [3.05, 3.63) is 48.0 Å². The third-order valence-corrected chi connectivity index (χ3v) is 3.39. The molecule has 2 aromatic rings. The van der Waals surface area contributed by atoms with E-state index in [0.717, 1.165) is 5.75 Å². The van der Waals surface area contributed by atoms with Crippen LogP contribution in [0.4, 0.5) is 0 Å². The molecule has 0 aliphatic carbocycles. The topological polar surface area (TPSA) is 63.2 Å². The van der Waals surface area contributed by atoms with Gasteiger partial charge in [0, 0.05) is 0 Å². The van der Waals surface area contributed by atoms with E-state index in [-0.39, 0.29) is 13.2 Å². The smallest absolute Gasteiger partial charge is 0.338 e. The van der Waals surface area contributed by atoms with E-state index in [1.165, 1.54) is 7.11 Å². The van der Waals surface area contributed by atoms with E-state index in [2.05, 4.69) is 0 Å². The average Bonchev–Trinajstić information content (AvgIpc) is 2.65. The van der Waals surface area contributed by atoms with Crippen molar-refractivity contribution >= 4 is 5.97 Å². The monoisotopic (exact) mass is 330 g/mol. The fourth-order valence-corrected chi connectivity index (χ4v) is 2.28. The maximum Gasteiger partial charge on any atom is 0.338 e. The molecule has 0 spiro atoms. The quantitative estimate of drug-likeness (QED) is 0.599. The number of rotatable bonds is 6. The lowest BCUT2D eigenvalue weighted by Crippen LogP contribution is -2.17. The molecule has 0 aromatic heterocycles. The highest BCUT2D eigenvalue weighted by Gasteiger charge is 2.21. The van der Waals surface area contributed by atoms with E-state index in [1.54, 1.807) is 12.1 Å². The lowest BCUT2D eigenvalue weighted by molar-refractivity contribution is 0.0449. The number of methoxy groups -OCH3 is 1. The van der Waals surface area contributed by atoms with Crippen LogP contribution in [-0.4, -0.2) is 39.5 Å². The molecule has 0 radical (unpaired) electrons. The van der Waals surface area contributed by atoms with Crippen molar-refractivity contribution in [1.82, 2.24) is 0 Å². The molecule has 0 bridgehead atoms. The molecule has 24 heavy (non-hydrogen) atoms. The van der Waals surface area contributed by atoms with E-state index < -0.39 is 5.97 Å². The summed E-state index contributed by atoms with van der Waals surface area (Å²) in [7, 11) is 1.51. The van der Waals surface area contributed by atoms with Gasteiger partial charge in [0.05, 0.1) is 12.7 Å². The third-order valence-electron chi connectivity index (χ3n) is 3.39. The van der Waals surface area contributed by atoms with Gasteiger partial charge in [-0.1, -0.05) is 18.2 Å². The second-order valence-electron chi connectivity index (χ2n) is 5.00. The molecule has 2 aromatic carbocycles. The Morgan fingerprint density at radius 2 is 1.88 bits per heavy atom. The van der Waals surface area contributed by atoms with Crippen molar-refractivity contribution in [2.75, 3.05) is 33.5 Å². The van der Waals surface area contributed by atoms with Crippen LogP contribution in [0.15, 0.2) is 42.5 Å². The Labute approximate surface area is 139 Å². The molecular formula is C18H18O6. The number of esters is 1. The Kier molecular flexibility index (Phi) is 5.05. The Morgan fingerprint density at radius 3 is 2.67 bits per heavy atom. The molecule has 1 aliphatic heterocycles. The third kappa shape index (κ3) is 3.71. The molecule has 6 heteroatoms. The number of benzene rings is 2. The van der Waals surface area contributed by atoms with Crippen molar-refractivity contribution in [1.29, 1.82) is 0 Å². The van der Waals surface area contributed by atoms with E-state index in [4.69, 9.17) is 23.7 Å².